The summed E-state index contributed by atoms with van der Waals surface area (Å²) < 4.78 is 0. The summed E-state index contributed by atoms with van der Waals surface area (Å²) in [5.74, 6) is -2.47. The number of amides is 1. The first-order chi connectivity index (χ1) is 16.2. The quantitative estimate of drug-likeness (QED) is 0.304. The molecule has 12 heteroatoms. The van der Waals surface area contributed by atoms with E-state index >= 15 is 0 Å². The molecule has 0 spiro atoms. The molecule has 0 aliphatic heterocycles. The lowest BCUT2D eigenvalue weighted by molar-refractivity contribution is -0.140. The average Bonchev–Trinajstić information content (AvgIpc) is 2.81. The van der Waals surface area contributed by atoms with Crippen LogP contribution in [0.5, 0.6) is 0 Å². The van der Waals surface area contributed by atoms with Crippen molar-refractivity contribution in [3.8, 4) is 0 Å². The van der Waals surface area contributed by atoms with Crippen LogP contribution in [0.15, 0.2) is 36.5 Å². The third-order valence-corrected chi connectivity index (χ3v) is 4.57. The number of nitrogens with zero attached hydrogens (tertiary/aromatic N) is 4. The van der Waals surface area contributed by atoms with E-state index in [1.54, 1.807) is 36.5 Å². The van der Waals surface area contributed by atoms with Gasteiger partial charge < -0.3 is 27.0 Å². The Kier molecular flexibility index (Phi) is 9.62. The number of benzene rings is 1. The van der Waals surface area contributed by atoms with E-state index < -0.39 is 23.9 Å². The molecule has 180 valence electrons. The lowest BCUT2D eigenvalue weighted by Crippen LogP contribution is -2.41. The molecule has 0 radical (unpaired) electrons. The normalized spacial score (nSPS) is 11.2. The molecule has 3 aromatic rings. The third-order valence-electron chi connectivity index (χ3n) is 4.57. The maximum Gasteiger partial charge on any atom is 0.326 e. The predicted octanol–water partition coefficient (Wildman–Crippen LogP) is 1.66. The number of hydrogen-bond donors (Lipinski definition) is 5. The van der Waals surface area contributed by atoms with Gasteiger partial charge in [-0.25, -0.2) is 14.8 Å². The molecule has 0 saturated heterocycles. The number of aromatic nitrogens is 4. The molecule has 1 aromatic carbocycles. The van der Waals surface area contributed by atoms with Crippen molar-refractivity contribution >= 4 is 40.8 Å². The van der Waals surface area contributed by atoms with Crippen LogP contribution in [0.3, 0.4) is 0 Å². The van der Waals surface area contributed by atoms with Gasteiger partial charge in [0.1, 0.15) is 6.04 Å². The van der Waals surface area contributed by atoms with Gasteiger partial charge in [-0.1, -0.05) is 31.5 Å². The van der Waals surface area contributed by atoms with Crippen molar-refractivity contribution in [2.45, 2.75) is 45.1 Å². The number of unbranched alkanes of at least 4 members (excludes halogenated alkanes) is 1. The van der Waals surface area contributed by atoms with Gasteiger partial charge in [0.15, 0.2) is 17.0 Å². The van der Waals surface area contributed by atoms with E-state index in [-0.39, 0.29) is 24.6 Å². The van der Waals surface area contributed by atoms with Crippen LogP contribution in [0.2, 0.25) is 0 Å². The Morgan fingerprint density at radius 3 is 2.38 bits per heavy atom. The van der Waals surface area contributed by atoms with Crippen LogP contribution in [0, 0.1) is 0 Å². The summed E-state index contributed by atoms with van der Waals surface area (Å²) in [5, 5.41) is 19.7. The first-order valence-corrected chi connectivity index (χ1v) is 10.6. The molecule has 3 rings (SSSR count). The van der Waals surface area contributed by atoms with Gasteiger partial charge >= 0.3 is 11.9 Å². The van der Waals surface area contributed by atoms with Crippen LogP contribution in [-0.2, 0) is 16.0 Å². The number of nitrogens with one attached hydrogen (secondary N) is 1. The van der Waals surface area contributed by atoms with Gasteiger partial charge in [0.25, 0.3) is 5.91 Å². The molecule has 2 heterocycles. The lowest BCUT2D eigenvalue weighted by Gasteiger charge is -2.13. The Hall–Kier alpha value is -4.35. The second kappa shape index (κ2) is 12.6. The zero-order valence-electron chi connectivity index (χ0n) is 18.6. The number of carbonyl (C=O) groups is 3. The van der Waals surface area contributed by atoms with E-state index in [0.29, 0.717) is 16.7 Å². The van der Waals surface area contributed by atoms with Gasteiger partial charge in [0, 0.05) is 12.0 Å². The number of hydrogen-bond acceptors (Lipinski definition) is 9. The zero-order chi connectivity index (χ0) is 25.1. The van der Waals surface area contributed by atoms with Crippen molar-refractivity contribution < 1.29 is 24.6 Å². The topological polar surface area (TPSA) is 207 Å². The monoisotopic (exact) mass is 469 g/mol. The highest BCUT2D eigenvalue weighted by molar-refractivity contribution is 5.96. The average molecular weight is 470 g/mol. The highest BCUT2D eigenvalue weighted by Crippen LogP contribution is 2.15. The molecule has 0 aliphatic carbocycles. The Morgan fingerprint density at radius 1 is 1.06 bits per heavy atom. The van der Waals surface area contributed by atoms with Gasteiger partial charge in [0.2, 0.25) is 5.95 Å². The second-order valence-electron chi connectivity index (χ2n) is 7.27. The van der Waals surface area contributed by atoms with Crippen LogP contribution in [-0.4, -0.2) is 54.0 Å². The summed E-state index contributed by atoms with van der Waals surface area (Å²) in [6.07, 6.45) is 4.34. The third kappa shape index (κ3) is 7.97. The number of anilines is 2. The van der Waals surface area contributed by atoms with Crippen LogP contribution in [0.25, 0.3) is 11.2 Å². The minimum atomic E-state index is -1.25. The van der Waals surface area contributed by atoms with Crippen LogP contribution in [0.1, 0.15) is 48.7 Å². The summed E-state index contributed by atoms with van der Waals surface area (Å²) in [4.78, 5) is 49.3. The fourth-order valence-electron chi connectivity index (χ4n) is 2.82. The van der Waals surface area contributed by atoms with Gasteiger partial charge in [-0.2, -0.15) is 9.97 Å². The Labute approximate surface area is 195 Å². The molecule has 12 nitrogen and oxygen atoms in total. The van der Waals surface area contributed by atoms with Crippen molar-refractivity contribution in [1.82, 2.24) is 25.3 Å². The zero-order valence-corrected chi connectivity index (χ0v) is 18.6. The van der Waals surface area contributed by atoms with Crippen LogP contribution >= 0.6 is 0 Å². The van der Waals surface area contributed by atoms with E-state index in [2.05, 4.69) is 32.2 Å². The number of carboxylic acid groups (broad SMARTS) is 2. The van der Waals surface area contributed by atoms with E-state index in [1.807, 2.05) is 0 Å². The lowest BCUT2D eigenvalue weighted by atomic mass is 10.1. The fraction of sp³-hybridized carbons (Fsp3) is 0.318. The smallest absolute Gasteiger partial charge is 0.326 e. The largest absolute Gasteiger partial charge is 0.481 e. The summed E-state index contributed by atoms with van der Waals surface area (Å²) >= 11 is 0. The van der Waals surface area contributed by atoms with Crippen molar-refractivity contribution in [3.05, 3.63) is 47.8 Å². The number of aryl methyl sites for hydroxylation is 1. The number of aliphatic carboxylic acids is 2. The molecule has 7 N–H and O–H groups in total. The maximum absolute atomic E-state index is 11.7. The molecule has 34 heavy (non-hydrogen) atoms. The molecule has 2 aromatic heterocycles. The highest BCUT2D eigenvalue weighted by atomic mass is 16.4. The summed E-state index contributed by atoms with van der Waals surface area (Å²) in [5.41, 5.74) is 13.4. The fourth-order valence-corrected chi connectivity index (χ4v) is 2.82. The maximum atomic E-state index is 11.7. The summed E-state index contributed by atoms with van der Waals surface area (Å²) in [7, 11) is 0. The first kappa shape index (κ1) is 25.9. The van der Waals surface area contributed by atoms with E-state index in [9.17, 15) is 14.4 Å². The molecule has 1 unspecified atom stereocenters. The molecule has 1 atom stereocenters. The van der Waals surface area contributed by atoms with Crippen molar-refractivity contribution in [2.24, 2.45) is 0 Å². The second-order valence-corrected chi connectivity index (χ2v) is 7.27. The Bertz CT molecular complexity index is 1140. The number of fused-ring (bicyclic) bond motifs is 1. The molecule has 1 amide bonds. The van der Waals surface area contributed by atoms with E-state index in [0.717, 1.165) is 25.0 Å². The number of carboxylic acids is 2. The molecule has 0 bridgehead atoms. The summed E-state index contributed by atoms with van der Waals surface area (Å²) in [6, 6.07) is 6.94. The minimum absolute atomic E-state index is 0.126. The summed E-state index contributed by atoms with van der Waals surface area (Å²) in [6.45, 7) is 2.13. The van der Waals surface area contributed by atoms with Crippen LogP contribution < -0.4 is 16.8 Å². The van der Waals surface area contributed by atoms with Gasteiger partial charge in [-0.05, 0) is 31.4 Å². The van der Waals surface area contributed by atoms with E-state index in [4.69, 9.17) is 21.7 Å². The molecule has 0 saturated carbocycles. The molecule has 0 fully saturated rings. The number of rotatable bonds is 9. The first-order valence-electron chi connectivity index (χ1n) is 10.6. The Morgan fingerprint density at radius 2 is 1.76 bits per heavy atom. The molecule has 0 aliphatic rings. The molecular weight excluding hydrogens is 442 g/mol. The van der Waals surface area contributed by atoms with Gasteiger partial charge in [-0.3, -0.25) is 9.59 Å². The van der Waals surface area contributed by atoms with Crippen molar-refractivity contribution in [2.75, 3.05) is 11.5 Å². The minimum Gasteiger partial charge on any atom is -0.481 e. The number of nitrogen functional groups attached to an aromatic ring is 2. The van der Waals surface area contributed by atoms with Crippen LogP contribution in [0.4, 0.5) is 11.8 Å². The number of nitrogens with two attached hydrogens (primary N) is 2. The van der Waals surface area contributed by atoms with E-state index in [1.165, 1.54) is 0 Å². The number of carbonyl (C=O) groups excluding carboxylic acids is 1. The van der Waals surface area contributed by atoms with Crippen molar-refractivity contribution in [1.29, 1.82) is 0 Å². The Balaban J connectivity index is 0.000000241. The SMILES string of the molecule is CCCCc1cnc2nc(N)nc(N)c2n1.O=C(O)CCC(NC(=O)c1ccccc1)C(=O)O. The highest BCUT2D eigenvalue weighted by Gasteiger charge is 2.21. The van der Waals surface area contributed by atoms with Gasteiger partial charge in [0.05, 0.1) is 11.9 Å². The standard InChI is InChI=1S/C12H13NO5.C10H14N6/c14-10(15)7-6-9(12(17)18)13-11(16)8-4-2-1-3-5-8;1-2-3-4-6-5-13-9-7(14-6)8(11)15-10(12)16-9/h1-5,9H,6-7H2,(H,13,16)(H,14,15)(H,17,18);5H,2-4H2,1H3,(H4,11,12,13,15,16). The van der Waals surface area contributed by atoms with Crippen molar-refractivity contribution in [3.63, 3.8) is 0 Å². The molecular formula is C22H27N7O5. The predicted molar refractivity (Wildman–Crippen MR) is 125 cm³/mol. The van der Waals surface area contributed by atoms with Gasteiger partial charge in [-0.15, -0.1) is 0 Å².